The molecule has 0 amide bonds. The predicted molar refractivity (Wildman–Crippen MR) is 123 cm³/mol. The molecule has 5 rings (SSSR count). The Kier molecular flexibility index (Phi) is 6.17. The van der Waals surface area contributed by atoms with Gasteiger partial charge >= 0.3 is 0 Å². The lowest BCUT2D eigenvalue weighted by molar-refractivity contribution is 0.0946. The van der Waals surface area contributed by atoms with Gasteiger partial charge in [0.15, 0.2) is 11.5 Å². The summed E-state index contributed by atoms with van der Waals surface area (Å²) in [7, 11) is 0. The molecule has 1 aromatic heterocycles. The molecule has 0 spiro atoms. The lowest BCUT2D eigenvalue weighted by Gasteiger charge is -2.18. The van der Waals surface area contributed by atoms with Crippen molar-refractivity contribution in [3.63, 3.8) is 0 Å². The number of likely N-dealkylation sites (tertiary alicyclic amines) is 1. The molecule has 1 fully saturated rings. The Morgan fingerprint density at radius 2 is 1.97 bits per heavy atom. The van der Waals surface area contributed by atoms with E-state index in [0.29, 0.717) is 67.8 Å². The van der Waals surface area contributed by atoms with Crippen molar-refractivity contribution in [1.29, 1.82) is 0 Å². The van der Waals surface area contributed by atoms with E-state index in [9.17, 15) is 9.18 Å². The quantitative estimate of drug-likeness (QED) is 0.539. The summed E-state index contributed by atoms with van der Waals surface area (Å²) >= 11 is 0. The van der Waals surface area contributed by atoms with Gasteiger partial charge in [-0.1, -0.05) is 0 Å². The van der Waals surface area contributed by atoms with Gasteiger partial charge < -0.3 is 25.3 Å². The third-order valence-electron chi connectivity index (χ3n) is 5.61. The van der Waals surface area contributed by atoms with E-state index in [1.165, 1.54) is 0 Å². The van der Waals surface area contributed by atoms with Crippen LogP contribution in [-0.4, -0.2) is 71.2 Å². The minimum Gasteiger partial charge on any atom is -0.492 e. The molecule has 2 aliphatic rings. The Labute approximate surface area is 195 Å². The second-order valence-corrected chi connectivity index (χ2v) is 8.05. The summed E-state index contributed by atoms with van der Waals surface area (Å²) in [6.45, 7) is 3.29. The standard InChI is InChI=1S/C23H25FN6O4/c24-16-7-8-29(14-16)9-10-32-18-4-2-17(3-5-18)26-23-27-22(25)28-30(23)21(31)15-1-6-19-20(13-15)34-12-11-33-19/h1-6,13,16H,7-12,14H2,(H3,25,26,27,28)/t16-/m0/s1. The topological polar surface area (TPSA) is 117 Å². The molecule has 10 nitrogen and oxygen atoms in total. The number of anilines is 3. The summed E-state index contributed by atoms with van der Waals surface area (Å²) in [5, 5.41) is 7.11. The van der Waals surface area contributed by atoms with Crippen LogP contribution in [0.5, 0.6) is 17.2 Å². The van der Waals surface area contributed by atoms with Crippen LogP contribution >= 0.6 is 0 Å². The predicted octanol–water partition coefficient (Wildman–Crippen LogP) is 2.49. The summed E-state index contributed by atoms with van der Waals surface area (Å²) in [6.07, 6.45) is -0.143. The number of aromatic nitrogens is 3. The molecule has 178 valence electrons. The van der Waals surface area contributed by atoms with E-state index >= 15 is 0 Å². The fourth-order valence-electron chi connectivity index (χ4n) is 3.89. The van der Waals surface area contributed by atoms with Crippen molar-refractivity contribution in [2.45, 2.75) is 12.6 Å². The summed E-state index contributed by atoms with van der Waals surface area (Å²) < 4.78 is 31.2. The van der Waals surface area contributed by atoms with Crippen molar-refractivity contribution < 1.29 is 23.4 Å². The smallest absolute Gasteiger partial charge is 0.281 e. The molecule has 3 heterocycles. The third kappa shape index (κ3) is 4.88. The monoisotopic (exact) mass is 468 g/mol. The van der Waals surface area contributed by atoms with E-state index in [-0.39, 0.29) is 11.9 Å². The first kappa shape index (κ1) is 22.0. The number of nitrogens with zero attached hydrogens (tertiary/aromatic N) is 4. The van der Waals surface area contributed by atoms with Crippen LogP contribution in [0.2, 0.25) is 0 Å². The van der Waals surface area contributed by atoms with Crippen LogP contribution in [0, 0.1) is 0 Å². The highest BCUT2D eigenvalue weighted by Gasteiger charge is 2.22. The number of hydrogen-bond donors (Lipinski definition) is 2. The molecule has 0 saturated carbocycles. The maximum Gasteiger partial charge on any atom is 0.281 e. The normalized spacial score (nSPS) is 17.5. The zero-order valence-corrected chi connectivity index (χ0v) is 18.4. The number of rotatable bonds is 7. The molecule has 1 atom stereocenters. The van der Waals surface area contributed by atoms with Gasteiger partial charge in [-0.15, -0.1) is 5.10 Å². The Bertz CT molecular complexity index is 1170. The number of fused-ring (bicyclic) bond motifs is 1. The molecule has 1 saturated heterocycles. The van der Waals surface area contributed by atoms with Crippen LogP contribution < -0.4 is 25.3 Å². The van der Waals surface area contributed by atoms with E-state index in [0.717, 1.165) is 11.2 Å². The largest absolute Gasteiger partial charge is 0.492 e. The molecule has 0 unspecified atom stereocenters. The minimum atomic E-state index is -0.733. The number of alkyl halides is 1. The van der Waals surface area contributed by atoms with Gasteiger partial charge in [-0.25, -0.2) is 4.39 Å². The van der Waals surface area contributed by atoms with Crippen molar-refractivity contribution >= 4 is 23.5 Å². The summed E-state index contributed by atoms with van der Waals surface area (Å²) in [5.74, 6) is 1.51. The molecule has 0 aliphatic carbocycles. The Balaban J connectivity index is 1.23. The fraction of sp³-hybridized carbons (Fsp3) is 0.348. The van der Waals surface area contributed by atoms with E-state index in [4.69, 9.17) is 19.9 Å². The van der Waals surface area contributed by atoms with Crippen LogP contribution in [-0.2, 0) is 0 Å². The maximum absolute atomic E-state index is 13.3. The number of nitrogens with two attached hydrogens (primary N) is 1. The van der Waals surface area contributed by atoms with Gasteiger partial charge in [0.25, 0.3) is 5.91 Å². The average molecular weight is 468 g/mol. The van der Waals surface area contributed by atoms with Crippen molar-refractivity contribution in [1.82, 2.24) is 19.7 Å². The first-order chi connectivity index (χ1) is 16.5. The Morgan fingerprint density at radius 3 is 2.74 bits per heavy atom. The van der Waals surface area contributed by atoms with Crippen LogP contribution in [0.25, 0.3) is 0 Å². The molecule has 2 aromatic carbocycles. The highest BCUT2D eigenvalue weighted by Crippen LogP contribution is 2.31. The summed E-state index contributed by atoms with van der Waals surface area (Å²) in [4.78, 5) is 19.3. The Morgan fingerprint density at radius 1 is 1.18 bits per heavy atom. The molecule has 34 heavy (non-hydrogen) atoms. The highest BCUT2D eigenvalue weighted by molar-refractivity contribution is 5.97. The van der Waals surface area contributed by atoms with Gasteiger partial charge in [0.05, 0.1) is 0 Å². The van der Waals surface area contributed by atoms with Gasteiger partial charge in [0, 0.05) is 30.9 Å². The molecule has 11 heteroatoms. The van der Waals surface area contributed by atoms with E-state index in [1.54, 1.807) is 42.5 Å². The molecule has 2 aliphatic heterocycles. The van der Waals surface area contributed by atoms with Crippen LogP contribution in [0.3, 0.4) is 0 Å². The third-order valence-corrected chi connectivity index (χ3v) is 5.61. The second kappa shape index (κ2) is 9.56. The van der Waals surface area contributed by atoms with Crippen molar-refractivity contribution in [2.75, 3.05) is 50.5 Å². The molecule has 0 bridgehead atoms. The molecule has 0 radical (unpaired) electrons. The zero-order chi connectivity index (χ0) is 23.5. The average Bonchev–Trinajstić information content (AvgIpc) is 3.44. The SMILES string of the molecule is Nc1nc(Nc2ccc(OCCN3CC[C@H](F)C3)cc2)n(C(=O)c2ccc3c(c2)OCCO3)n1. The minimum absolute atomic E-state index is 0.0363. The van der Waals surface area contributed by atoms with Crippen LogP contribution in [0.15, 0.2) is 42.5 Å². The Hall–Kier alpha value is -3.86. The first-order valence-corrected chi connectivity index (χ1v) is 11.1. The van der Waals surface area contributed by atoms with E-state index < -0.39 is 12.1 Å². The highest BCUT2D eigenvalue weighted by atomic mass is 19.1. The lowest BCUT2D eigenvalue weighted by Crippen LogP contribution is -2.26. The van der Waals surface area contributed by atoms with Crippen LogP contribution in [0.4, 0.5) is 22.0 Å². The second-order valence-electron chi connectivity index (χ2n) is 8.05. The number of carbonyl (C=O) groups excluding carboxylic acids is 1. The number of ether oxygens (including phenoxy) is 3. The number of nitrogens with one attached hydrogen (secondary N) is 1. The van der Waals surface area contributed by atoms with Gasteiger partial charge in [-0.05, 0) is 48.9 Å². The molecular weight excluding hydrogens is 443 g/mol. The first-order valence-electron chi connectivity index (χ1n) is 11.1. The fourth-order valence-corrected chi connectivity index (χ4v) is 3.89. The number of halogens is 1. The number of nitrogen functional groups attached to an aromatic ring is 1. The number of benzene rings is 2. The van der Waals surface area contributed by atoms with Crippen molar-refractivity contribution in [3.05, 3.63) is 48.0 Å². The van der Waals surface area contributed by atoms with Gasteiger partial charge in [-0.3, -0.25) is 9.69 Å². The van der Waals surface area contributed by atoms with E-state index in [2.05, 4.69) is 20.3 Å². The van der Waals surface area contributed by atoms with Crippen molar-refractivity contribution in [3.8, 4) is 17.2 Å². The van der Waals surface area contributed by atoms with Crippen molar-refractivity contribution in [2.24, 2.45) is 0 Å². The van der Waals surface area contributed by atoms with Gasteiger partial charge in [0.1, 0.15) is 31.7 Å². The van der Waals surface area contributed by atoms with Crippen LogP contribution in [0.1, 0.15) is 16.8 Å². The zero-order valence-electron chi connectivity index (χ0n) is 18.4. The number of hydrogen-bond acceptors (Lipinski definition) is 9. The van der Waals surface area contributed by atoms with Gasteiger partial charge in [0.2, 0.25) is 11.9 Å². The molecular formula is C23H25FN6O4. The molecule has 3 aromatic rings. The summed E-state index contributed by atoms with van der Waals surface area (Å²) in [6, 6.07) is 12.1. The van der Waals surface area contributed by atoms with E-state index in [1.807, 2.05) is 0 Å². The molecule has 3 N–H and O–H groups in total. The lowest BCUT2D eigenvalue weighted by atomic mass is 10.2. The summed E-state index contributed by atoms with van der Waals surface area (Å²) in [5.41, 5.74) is 6.81. The maximum atomic E-state index is 13.3. The van der Waals surface area contributed by atoms with Gasteiger partial charge in [-0.2, -0.15) is 9.67 Å². The number of carbonyl (C=O) groups is 1.